The van der Waals surface area contributed by atoms with Crippen LogP contribution in [0.5, 0.6) is 11.5 Å². The first-order valence-corrected chi connectivity index (χ1v) is 9.29. The monoisotopic (exact) mass is 402 g/mol. The smallest absolute Gasteiger partial charge is 0.333 e. The van der Waals surface area contributed by atoms with Crippen molar-refractivity contribution < 1.29 is 28.9 Å². The molecule has 1 aliphatic rings. The van der Waals surface area contributed by atoms with E-state index in [-0.39, 0.29) is 17.4 Å². The Morgan fingerprint density at radius 1 is 1.14 bits per heavy atom. The van der Waals surface area contributed by atoms with Gasteiger partial charge in [-0.3, -0.25) is 0 Å². The lowest BCUT2D eigenvalue weighted by atomic mass is 9.89. The average molecular weight is 402 g/mol. The van der Waals surface area contributed by atoms with Gasteiger partial charge in [0.1, 0.15) is 17.3 Å². The predicted octanol–water partition coefficient (Wildman–Crippen LogP) is 3.04. The molecule has 3 N–H and O–H groups in total. The van der Waals surface area contributed by atoms with Crippen LogP contribution in [-0.4, -0.2) is 47.3 Å². The van der Waals surface area contributed by atoms with Crippen LogP contribution in [0.25, 0.3) is 0 Å². The molecule has 154 valence electrons. The molecule has 1 heterocycles. The highest BCUT2D eigenvalue weighted by molar-refractivity contribution is 5.84. The van der Waals surface area contributed by atoms with Crippen molar-refractivity contribution in [1.29, 1.82) is 0 Å². The van der Waals surface area contributed by atoms with E-state index in [2.05, 4.69) is 5.32 Å². The van der Waals surface area contributed by atoms with Crippen LogP contribution in [0.3, 0.4) is 0 Å². The maximum Gasteiger partial charge on any atom is 0.333 e. The Labute approximate surface area is 167 Å². The molecule has 3 rings (SSSR count). The molecule has 2 amide bonds. The molecule has 0 bridgehead atoms. The molecule has 7 nitrogen and oxygen atoms in total. The number of nitrogens with one attached hydrogen (secondary N) is 1. The lowest BCUT2D eigenvalue weighted by Crippen LogP contribution is -2.47. The highest BCUT2D eigenvalue weighted by atomic mass is 19.1. The maximum absolute atomic E-state index is 13.2. The van der Waals surface area contributed by atoms with Crippen molar-refractivity contribution in [2.75, 3.05) is 20.2 Å². The van der Waals surface area contributed by atoms with Crippen LogP contribution in [0.1, 0.15) is 35.9 Å². The number of carbonyl (C=O) groups excluding carboxylic acids is 2. The second-order valence-corrected chi connectivity index (χ2v) is 6.96. The molecule has 1 atom stereocenters. The van der Waals surface area contributed by atoms with Gasteiger partial charge >= 0.3 is 12.0 Å². The summed E-state index contributed by atoms with van der Waals surface area (Å²) in [6.45, 7) is 0.877. The summed E-state index contributed by atoms with van der Waals surface area (Å²) in [4.78, 5) is 26.4. The normalized spacial score (nSPS) is 15.6. The summed E-state index contributed by atoms with van der Waals surface area (Å²) >= 11 is 0. The third-order valence-corrected chi connectivity index (χ3v) is 5.14. The number of hydrogen-bond acceptors (Lipinski definition) is 5. The van der Waals surface area contributed by atoms with Crippen molar-refractivity contribution in [3.8, 4) is 11.5 Å². The summed E-state index contributed by atoms with van der Waals surface area (Å²) in [5.74, 6) is -0.988. The number of rotatable bonds is 4. The summed E-state index contributed by atoms with van der Waals surface area (Å²) in [5.41, 5.74) is 1.16. The summed E-state index contributed by atoms with van der Waals surface area (Å²) in [6, 6.07) is 8.35. The van der Waals surface area contributed by atoms with Crippen LogP contribution in [0, 0.1) is 5.82 Å². The number of phenolic OH excluding ortho intramolecular Hbond substituents is 2. The van der Waals surface area contributed by atoms with Crippen molar-refractivity contribution in [3.05, 3.63) is 59.4 Å². The number of aromatic hydroxyl groups is 2. The van der Waals surface area contributed by atoms with E-state index in [1.807, 2.05) is 0 Å². The van der Waals surface area contributed by atoms with Crippen LogP contribution in [0.2, 0.25) is 0 Å². The fourth-order valence-corrected chi connectivity index (χ4v) is 3.54. The molecule has 0 aromatic heterocycles. The molecule has 1 saturated heterocycles. The standard InChI is InChI=1S/C21H23FN2O5/c1-29-20(27)19(14-2-4-15(22)5-3-14)23-21(28)24-10-8-13(9-11-24)17-7-6-16(25)12-18(17)26/h2-7,12-13,19,25-26H,8-11H2,1H3,(H,23,28). The van der Waals surface area contributed by atoms with E-state index in [9.17, 15) is 24.2 Å². The van der Waals surface area contributed by atoms with Crippen LogP contribution in [-0.2, 0) is 9.53 Å². The average Bonchev–Trinajstić information content (AvgIpc) is 2.72. The summed E-state index contributed by atoms with van der Waals surface area (Å²) < 4.78 is 17.9. The molecule has 0 aliphatic carbocycles. The maximum atomic E-state index is 13.2. The predicted molar refractivity (Wildman–Crippen MR) is 103 cm³/mol. The van der Waals surface area contributed by atoms with Crippen molar-refractivity contribution in [2.45, 2.75) is 24.8 Å². The first-order chi connectivity index (χ1) is 13.9. The second kappa shape index (κ2) is 8.81. The molecular weight excluding hydrogens is 379 g/mol. The van der Waals surface area contributed by atoms with Gasteiger partial charge in [0, 0.05) is 19.2 Å². The van der Waals surface area contributed by atoms with Gasteiger partial charge in [-0.2, -0.15) is 0 Å². The molecule has 8 heteroatoms. The zero-order chi connectivity index (χ0) is 21.0. The van der Waals surface area contributed by atoms with Gasteiger partial charge < -0.3 is 25.2 Å². The van der Waals surface area contributed by atoms with E-state index in [4.69, 9.17) is 4.74 Å². The topological polar surface area (TPSA) is 99.1 Å². The van der Waals surface area contributed by atoms with E-state index in [1.165, 1.54) is 43.5 Å². The lowest BCUT2D eigenvalue weighted by molar-refractivity contribution is -0.143. The number of hydrogen-bond donors (Lipinski definition) is 3. The van der Waals surface area contributed by atoms with E-state index in [0.717, 1.165) is 5.56 Å². The zero-order valence-corrected chi connectivity index (χ0v) is 16.0. The molecule has 29 heavy (non-hydrogen) atoms. The molecule has 0 spiro atoms. The minimum atomic E-state index is -1.04. The van der Waals surface area contributed by atoms with Crippen LogP contribution in [0.4, 0.5) is 9.18 Å². The quantitative estimate of drug-likeness (QED) is 0.683. The van der Waals surface area contributed by atoms with Gasteiger partial charge in [0.25, 0.3) is 0 Å². The molecular formula is C21H23FN2O5. The number of halogens is 1. The number of amides is 2. The number of esters is 1. The third-order valence-electron chi connectivity index (χ3n) is 5.14. The number of ether oxygens (including phenoxy) is 1. The Bertz CT molecular complexity index is 879. The Morgan fingerprint density at radius 2 is 1.79 bits per heavy atom. The van der Waals surface area contributed by atoms with E-state index in [1.54, 1.807) is 11.0 Å². The molecule has 2 aromatic rings. The third kappa shape index (κ3) is 4.77. The van der Waals surface area contributed by atoms with Gasteiger partial charge in [-0.1, -0.05) is 18.2 Å². The Kier molecular flexibility index (Phi) is 6.21. The second-order valence-electron chi connectivity index (χ2n) is 6.96. The van der Waals surface area contributed by atoms with Gasteiger partial charge in [-0.25, -0.2) is 14.0 Å². The number of piperidine rings is 1. The number of urea groups is 1. The minimum absolute atomic E-state index is 0.00212. The highest BCUT2D eigenvalue weighted by Crippen LogP contribution is 2.35. The van der Waals surface area contributed by atoms with E-state index in [0.29, 0.717) is 31.5 Å². The lowest BCUT2D eigenvalue weighted by Gasteiger charge is -2.33. The molecule has 2 aromatic carbocycles. The van der Waals surface area contributed by atoms with Gasteiger partial charge in [-0.05, 0) is 48.1 Å². The van der Waals surface area contributed by atoms with Gasteiger partial charge in [0.2, 0.25) is 0 Å². The van der Waals surface area contributed by atoms with Crippen LogP contribution >= 0.6 is 0 Å². The van der Waals surface area contributed by atoms with Crippen molar-refractivity contribution in [1.82, 2.24) is 10.2 Å². The zero-order valence-electron chi connectivity index (χ0n) is 16.0. The van der Waals surface area contributed by atoms with Crippen molar-refractivity contribution in [2.24, 2.45) is 0 Å². The van der Waals surface area contributed by atoms with E-state index < -0.39 is 23.9 Å². The summed E-state index contributed by atoms with van der Waals surface area (Å²) in [7, 11) is 1.22. The molecule has 1 fully saturated rings. The van der Waals surface area contributed by atoms with Crippen LogP contribution in [0.15, 0.2) is 42.5 Å². The highest BCUT2D eigenvalue weighted by Gasteiger charge is 2.29. The number of carbonyl (C=O) groups is 2. The fraction of sp³-hybridized carbons (Fsp3) is 0.333. The Hall–Kier alpha value is -3.29. The summed E-state index contributed by atoms with van der Waals surface area (Å²) in [6.07, 6.45) is 1.26. The first kappa shape index (κ1) is 20.4. The molecule has 1 unspecified atom stereocenters. The van der Waals surface area contributed by atoms with Crippen molar-refractivity contribution in [3.63, 3.8) is 0 Å². The Balaban J connectivity index is 1.64. The number of nitrogens with zero attached hydrogens (tertiary/aromatic N) is 1. The van der Waals surface area contributed by atoms with Gasteiger partial charge in [-0.15, -0.1) is 0 Å². The number of benzene rings is 2. The van der Waals surface area contributed by atoms with E-state index >= 15 is 0 Å². The molecule has 0 radical (unpaired) electrons. The van der Waals surface area contributed by atoms with Gasteiger partial charge in [0.05, 0.1) is 7.11 Å². The summed E-state index contributed by atoms with van der Waals surface area (Å²) in [5, 5.41) is 22.1. The van der Waals surface area contributed by atoms with Crippen molar-refractivity contribution >= 4 is 12.0 Å². The first-order valence-electron chi connectivity index (χ1n) is 9.29. The molecule has 0 saturated carbocycles. The fourth-order valence-electron chi connectivity index (χ4n) is 3.54. The number of phenols is 2. The molecule has 1 aliphatic heterocycles. The number of likely N-dealkylation sites (tertiary alicyclic amines) is 1. The largest absolute Gasteiger partial charge is 0.508 e. The Morgan fingerprint density at radius 3 is 2.38 bits per heavy atom. The minimum Gasteiger partial charge on any atom is -0.508 e. The van der Waals surface area contributed by atoms with Gasteiger partial charge in [0.15, 0.2) is 6.04 Å². The number of methoxy groups -OCH3 is 1. The van der Waals surface area contributed by atoms with Crippen LogP contribution < -0.4 is 5.32 Å². The SMILES string of the molecule is COC(=O)C(NC(=O)N1CCC(c2ccc(O)cc2O)CC1)c1ccc(F)cc1.